The van der Waals surface area contributed by atoms with Crippen molar-refractivity contribution >= 4 is 12.6 Å². The molecule has 0 amide bonds. The Hall–Kier alpha value is -1.22. The fourth-order valence-corrected chi connectivity index (χ4v) is 1.87. The van der Waals surface area contributed by atoms with Gasteiger partial charge >= 0.3 is 0 Å². The fraction of sp³-hybridized carbons (Fsp3) is 0.250. The molecule has 15 heavy (non-hydrogen) atoms. The standard InChI is InChI=1S/C12H13NOS/c1-8-4-3-5-10(6-8)12-9(2)11(7-15)13-14-12/h3-6,15H,7H2,1-2H3. The Morgan fingerprint density at radius 3 is 2.73 bits per heavy atom. The average molecular weight is 219 g/mol. The summed E-state index contributed by atoms with van der Waals surface area (Å²) in [6, 6.07) is 8.21. The first-order valence-corrected chi connectivity index (χ1v) is 5.48. The van der Waals surface area contributed by atoms with Gasteiger partial charge in [-0.3, -0.25) is 0 Å². The minimum absolute atomic E-state index is 0.612. The lowest BCUT2D eigenvalue weighted by molar-refractivity contribution is 0.426. The first-order valence-electron chi connectivity index (χ1n) is 4.85. The number of thiol groups is 1. The van der Waals surface area contributed by atoms with E-state index in [-0.39, 0.29) is 0 Å². The Morgan fingerprint density at radius 1 is 1.33 bits per heavy atom. The van der Waals surface area contributed by atoms with Crippen LogP contribution in [0, 0.1) is 13.8 Å². The zero-order chi connectivity index (χ0) is 10.8. The summed E-state index contributed by atoms with van der Waals surface area (Å²) in [5.74, 6) is 1.46. The summed E-state index contributed by atoms with van der Waals surface area (Å²) in [5, 5.41) is 3.99. The molecular weight excluding hydrogens is 206 g/mol. The average Bonchev–Trinajstić information content (AvgIpc) is 2.59. The number of aromatic nitrogens is 1. The van der Waals surface area contributed by atoms with Crippen LogP contribution in [0.5, 0.6) is 0 Å². The van der Waals surface area contributed by atoms with E-state index >= 15 is 0 Å². The molecule has 78 valence electrons. The van der Waals surface area contributed by atoms with E-state index in [9.17, 15) is 0 Å². The van der Waals surface area contributed by atoms with Gasteiger partial charge in [0.05, 0.1) is 5.69 Å². The molecule has 1 aromatic heterocycles. The second kappa shape index (κ2) is 4.11. The molecule has 0 N–H and O–H groups in total. The molecule has 0 saturated heterocycles. The van der Waals surface area contributed by atoms with Crippen LogP contribution in [0.4, 0.5) is 0 Å². The normalized spacial score (nSPS) is 10.6. The molecular formula is C12H13NOS. The van der Waals surface area contributed by atoms with Crippen molar-refractivity contribution in [1.82, 2.24) is 5.16 Å². The minimum Gasteiger partial charge on any atom is -0.356 e. The van der Waals surface area contributed by atoms with E-state index in [0.29, 0.717) is 5.75 Å². The van der Waals surface area contributed by atoms with Crippen molar-refractivity contribution in [1.29, 1.82) is 0 Å². The smallest absolute Gasteiger partial charge is 0.170 e. The van der Waals surface area contributed by atoms with Gasteiger partial charge in [-0.25, -0.2) is 0 Å². The number of aryl methyl sites for hydroxylation is 1. The third-order valence-corrected chi connectivity index (χ3v) is 2.75. The molecule has 1 heterocycles. The number of hydrogen-bond donors (Lipinski definition) is 1. The van der Waals surface area contributed by atoms with Crippen molar-refractivity contribution in [2.24, 2.45) is 0 Å². The first kappa shape index (κ1) is 10.3. The first-order chi connectivity index (χ1) is 7.22. The van der Waals surface area contributed by atoms with Gasteiger partial charge in [0.2, 0.25) is 0 Å². The van der Waals surface area contributed by atoms with Gasteiger partial charge in [0.1, 0.15) is 0 Å². The molecule has 1 aromatic carbocycles. The summed E-state index contributed by atoms with van der Waals surface area (Å²) < 4.78 is 5.33. The van der Waals surface area contributed by atoms with Crippen LogP contribution >= 0.6 is 12.6 Å². The van der Waals surface area contributed by atoms with Crippen molar-refractivity contribution in [2.75, 3.05) is 0 Å². The van der Waals surface area contributed by atoms with E-state index in [4.69, 9.17) is 4.52 Å². The zero-order valence-electron chi connectivity index (χ0n) is 8.82. The second-order valence-electron chi connectivity index (χ2n) is 3.61. The number of hydrogen-bond acceptors (Lipinski definition) is 3. The zero-order valence-corrected chi connectivity index (χ0v) is 9.71. The van der Waals surface area contributed by atoms with Crippen LogP contribution in [0.3, 0.4) is 0 Å². The highest BCUT2D eigenvalue weighted by atomic mass is 32.1. The predicted octanol–water partition coefficient (Wildman–Crippen LogP) is 3.39. The molecule has 2 rings (SSSR count). The van der Waals surface area contributed by atoms with Crippen LogP contribution in [0.25, 0.3) is 11.3 Å². The Bertz CT molecular complexity index is 476. The number of rotatable bonds is 2. The van der Waals surface area contributed by atoms with E-state index in [0.717, 1.165) is 22.6 Å². The molecule has 0 aliphatic carbocycles. The van der Waals surface area contributed by atoms with E-state index in [1.807, 2.05) is 19.1 Å². The molecule has 0 aliphatic heterocycles. The van der Waals surface area contributed by atoms with Crippen molar-refractivity contribution in [3.05, 3.63) is 41.1 Å². The molecule has 0 aliphatic rings. The van der Waals surface area contributed by atoms with Gasteiger partial charge in [-0.05, 0) is 19.9 Å². The van der Waals surface area contributed by atoms with Gasteiger partial charge in [0.15, 0.2) is 5.76 Å². The summed E-state index contributed by atoms with van der Waals surface area (Å²) >= 11 is 4.20. The van der Waals surface area contributed by atoms with Gasteiger partial charge in [0.25, 0.3) is 0 Å². The molecule has 0 bridgehead atoms. The van der Waals surface area contributed by atoms with Crippen LogP contribution in [0.15, 0.2) is 28.8 Å². The number of benzene rings is 1. The number of nitrogens with zero attached hydrogens (tertiary/aromatic N) is 1. The van der Waals surface area contributed by atoms with Crippen LogP contribution in [-0.4, -0.2) is 5.16 Å². The predicted molar refractivity (Wildman–Crippen MR) is 64.1 cm³/mol. The van der Waals surface area contributed by atoms with Crippen molar-refractivity contribution in [3.8, 4) is 11.3 Å². The van der Waals surface area contributed by atoms with Crippen molar-refractivity contribution in [3.63, 3.8) is 0 Å². The van der Waals surface area contributed by atoms with Crippen molar-refractivity contribution in [2.45, 2.75) is 19.6 Å². The summed E-state index contributed by atoms with van der Waals surface area (Å²) in [4.78, 5) is 0. The van der Waals surface area contributed by atoms with E-state index in [2.05, 4.69) is 36.8 Å². The SMILES string of the molecule is Cc1cccc(-c2onc(CS)c2C)c1. The Morgan fingerprint density at radius 2 is 2.13 bits per heavy atom. The maximum atomic E-state index is 5.33. The van der Waals surface area contributed by atoms with Gasteiger partial charge in [-0.1, -0.05) is 28.9 Å². The van der Waals surface area contributed by atoms with Crippen LogP contribution in [0.2, 0.25) is 0 Å². The third-order valence-electron chi connectivity index (χ3n) is 2.45. The molecule has 0 atom stereocenters. The molecule has 3 heteroatoms. The van der Waals surface area contributed by atoms with Crippen LogP contribution < -0.4 is 0 Å². The van der Waals surface area contributed by atoms with Gasteiger partial charge < -0.3 is 4.52 Å². The molecule has 2 aromatic rings. The molecule has 0 saturated carbocycles. The van der Waals surface area contributed by atoms with Crippen LogP contribution in [-0.2, 0) is 5.75 Å². The Kier molecular flexibility index (Phi) is 2.82. The lowest BCUT2D eigenvalue weighted by Crippen LogP contribution is -1.82. The second-order valence-corrected chi connectivity index (χ2v) is 3.93. The molecule has 0 fully saturated rings. The lowest BCUT2D eigenvalue weighted by Gasteiger charge is -1.98. The summed E-state index contributed by atoms with van der Waals surface area (Å²) in [6.07, 6.45) is 0. The van der Waals surface area contributed by atoms with Gasteiger partial charge in [-0.15, -0.1) is 0 Å². The van der Waals surface area contributed by atoms with E-state index in [1.54, 1.807) is 0 Å². The molecule has 0 radical (unpaired) electrons. The molecule has 2 nitrogen and oxygen atoms in total. The lowest BCUT2D eigenvalue weighted by atomic mass is 10.1. The quantitative estimate of drug-likeness (QED) is 0.783. The topological polar surface area (TPSA) is 26.0 Å². The summed E-state index contributed by atoms with van der Waals surface area (Å²) in [5.41, 5.74) is 4.29. The summed E-state index contributed by atoms with van der Waals surface area (Å²) in [7, 11) is 0. The summed E-state index contributed by atoms with van der Waals surface area (Å²) in [6.45, 7) is 4.08. The molecule has 0 spiro atoms. The maximum Gasteiger partial charge on any atom is 0.170 e. The highest BCUT2D eigenvalue weighted by Crippen LogP contribution is 2.26. The van der Waals surface area contributed by atoms with Gasteiger partial charge in [-0.2, -0.15) is 12.6 Å². The largest absolute Gasteiger partial charge is 0.356 e. The fourth-order valence-electron chi connectivity index (χ4n) is 1.57. The highest BCUT2D eigenvalue weighted by Gasteiger charge is 2.12. The highest BCUT2D eigenvalue weighted by molar-refractivity contribution is 7.79. The monoisotopic (exact) mass is 219 g/mol. The minimum atomic E-state index is 0.612. The van der Waals surface area contributed by atoms with Crippen molar-refractivity contribution < 1.29 is 4.52 Å². The maximum absolute atomic E-state index is 5.33. The van der Waals surface area contributed by atoms with Crippen LogP contribution in [0.1, 0.15) is 16.8 Å². The third kappa shape index (κ3) is 1.92. The Balaban J connectivity index is 2.49. The van der Waals surface area contributed by atoms with E-state index in [1.165, 1.54) is 5.56 Å². The van der Waals surface area contributed by atoms with Gasteiger partial charge in [0, 0.05) is 16.9 Å². The Labute approximate surface area is 94.7 Å². The van der Waals surface area contributed by atoms with E-state index < -0.39 is 0 Å². The molecule has 0 unspecified atom stereocenters.